The van der Waals surface area contributed by atoms with E-state index in [-0.39, 0.29) is 0 Å². The third-order valence-corrected chi connectivity index (χ3v) is 4.04. The van der Waals surface area contributed by atoms with Crippen LogP contribution < -0.4 is 0 Å². The van der Waals surface area contributed by atoms with Crippen LogP contribution in [-0.4, -0.2) is 17.3 Å². The first-order valence-electron chi connectivity index (χ1n) is 6.69. The Bertz CT molecular complexity index is 528. The number of hydrogen-bond donors (Lipinski definition) is 0. The Hall–Kier alpha value is -0.990. The largest absolute Gasteiger partial charge is 0.378 e. The van der Waals surface area contributed by atoms with E-state index in [0.717, 1.165) is 23.6 Å². The van der Waals surface area contributed by atoms with Gasteiger partial charge in [-0.2, -0.15) is 0 Å². The van der Waals surface area contributed by atoms with Gasteiger partial charge in [0, 0.05) is 35.3 Å². The van der Waals surface area contributed by atoms with Crippen molar-refractivity contribution in [3.63, 3.8) is 0 Å². The van der Waals surface area contributed by atoms with Crippen molar-refractivity contribution in [2.45, 2.75) is 38.3 Å². The fourth-order valence-electron chi connectivity index (χ4n) is 2.74. The molecule has 0 bridgehead atoms. The molecule has 96 valence electrons. The van der Waals surface area contributed by atoms with Crippen molar-refractivity contribution in [2.75, 3.05) is 6.61 Å². The normalized spacial score (nSPS) is 19.7. The van der Waals surface area contributed by atoms with Gasteiger partial charge in [0.05, 0.1) is 6.10 Å². The zero-order chi connectivity index (χ0) is 12.4. The van der Waals surface area contributed by atoms with E-state index < -0.39 is 0 Å². The van der Waals surface area contributed by atoms with Crippen LogP contribution in [0.3, 0.4) is 0 Å². The minimum absolute atomic E-state index is 0.496. The number of halogens is 1. The van der Waals surface area contributed by atoms with Crippen molar-refractivity contribution in [1.82, 2.24) is 4.57 Å². The van der Waals surface area contributed by atoms with Gasteiger partial charge in [-0.05, 0) is 43.9 Å². The van der Waals surface area contributed by atoms with Crippen molar-refractivity contribution in [1.29, 1.82) is 0 Å². The Morgan fingerprint density at radius 2 is 2.28 bits per heavy atom. The second kappa shape index (κ2) is 5.33. The summed E-state index contributed by atoms with van der Waals surface area (Å²) >= 11 is 6.17. The van der Waals surface area contributed by atoms with E-state index in [0.29, 0.717) is 6.10 Å². The molecule has 3 rings (SSSR count). The molecule has 0 aliphatic carbocycles. The molecule has 1 aromatic heterocycles. The topological polar surface area (TPSA) is 14.2 Å². The molecule has 18 heavy (non-hydrogen) atoms. The minimum atomic E-state index is 0.496. The first-order chi connectivity index (χ1) is 8.84. The van der Waals surface area contributed by atoms with Crippen molar-refractivity contribution in [3.05, 3.63) is 35.5 Å². The van der Waals surface area contributed by atoms with Crippen LogP contribution in [0.5, 0.6) is 0 Å². The van der Waals surface area contributed by atoms with E-state index in [9.17, 15) is 0 Å². The number of nitrogens with zero attached hydrogens (tertiary/aromatic N) is 1. The molecule has 2 nitrogen and oxygen atoms in total. The van der Waals surface area contributed by atoms with Gasteiger partial charge in [-0.25, -0.2) is 0 Å². The number of fused-ring (bicyclic) bond motifs is 1. The molecule has 1 aromatic carbocycles. The molecule has 1 fully saturated rings. The standard InChI is InChI=1S/C15H18ClNO/c16-14-6-1-7-15-13(14)8-10-17(15)9-2-4-12-5-3-11-18-12/h1,6-8,10,12H,2-5,9,11H2. The molecular formula is C15H18ClNO. The first kappa shape index (κ1) is 12.1. The molecule has 0 N–H and O–H groups in total. The zero-order valence-corrected chi connectivity index (χ0v) is 11.2. The second-order valence-corrected chi connectivity index (χ2v) is 5.37. The van der Waals surface area contributed by atoms with E-state index in [1.165, 1.54) is 31.2 Å². The average molecular weight is 264 g/mol. The third kappa shape index (κ3) is 2.40. The Kier molecular flexibility index (Phi) is 3.57. The lowest BCUT2D eigenvalue weighted by atomic mass is 10.1. The predicted molar refractivity (Wildman–Crippen MR) is 75.2 cm³/mol. The molecule has 3 heteroatoms. The van der Waals surface area contributed by atoms with Gasteiger partial charge in [0.15, 0.2) is 0 Å². The van der Waals surface area contributed by atoms with Crippen LogP contribution >= 0.6 is 11.6 Å². The SMILES string of the molecule is Clc1cccc2c1ccn2CCCC1CCCO1. The van der Waals surface area contributed by atoms with Crippen molar-refractivity contribution < 1.29 is 4.74 Å². The Balaban J connectivity index is 1.65. The molecule has 2 heterocycles. The number of benzene rings is 1. The number of hydrogen-bond acceptors (Lipinski definition) is 1. The van der Waals surface area contributed by atoms with Crippen LogP contribution in [0.4, 0.5) is 0 Å². The van der Waals surface area contributed by atoms with Crippen LogP contribution in [0, 0.1) is 0 Å². The summed E-state index contributed by atoms with van der Waals surface area (Å²) < 4.78 is 7.94. The lowest BCUT2D eigenvalue weighted by Gasteiger charge is -2.10. The summed E-state index contributed by atoms with van der Waals surface area (Å²) in [6.07, 6.45) is 7.42. The highest BCUT2D eigenvalue weighted by molar-refractivity contribution is 6.35. The fourth-order valence-corrected chi connectivity index (χ4v) is 2.97. The molecule has 0 spiro atoms. The van der Waals surface area contributed by atoms with E-state index in [1.807, 2.05) is 12.1 Å². The van der Waals surface area contributed by atoms with Crippen molar-refractivity contribution in [2.24, 2.45) is 0 Å². The second-order valence-electron chi connectivity index (χ2n) is 4.96. The number of aromatic nitrogens is 1. The summed E-state index contributed by atoms with van der Waals surface area (Å²) in [5.41, 5.74) is 1.23. The lowest BCUT2D eigenvalue weighted by Crippen LogP contribution is -2.06. The molecule has 1 atom stereocenters. The summed E-state index contributed by atoms with van der Waals surface area (Å²) in [5, 5.41) is 1.99. The smallest absolute Gasteiger partial charge is 0.0576 e. The average Bonchev–Trinajstić information content (AvgIpc) is 3.00. The van der Waals surface area contributed by atoms with Gasteiger partial charge in [-0.1, -0.05) is 17.7 Å². The number of rotatable bonds is 4. The molecule has 1 aliphatic heterocycles. The minimum Gasteiger partial charge on any atom is -0.378 e. The Labute approximate surface area is 112 Å². The van der Waals surface area contributed by atoms with Gasteiger partial charge >= 0.3 is 0 Å². The van der Waals surface area contributed by atoms with Crippen LogP contribution in [0.15, 0.2) is 30.5 Å². The Morgan fingerprint density at radius 1 is 1.33 bits per heavy atom. The summed E-state index contributed by atoms with van der Waals surface area (Å²) in [7, 11) is 0. The van der Waals surface area contributed by atoms with Gasteiger partial charge < -0.3 is 9.30 Å². The van der Waals surface area contributed by atoms with Crippen molar-refractivity contribution in [3.8, 4) is 0 Å². The molecule has 1 aliphatic rings. The first-order valence-corrected chi connectivity index (χ1v) is 7.07. The number of ether oxygens (including phenoxy) is 1. The molecule has 0 amide bonds. The van der Waals surface area contributed by atoms with Crippen LogP contribution in [0.1, 0.15) is 25.7 Å². The van der Waals surface area contributed by atoms with E-state index >= 15 is 0 Å². The van der Waals surface area contributed by atoms with Gasteiger partial charge in [0.2, 0.25) is 0 Å². The number of aryl methyl sites for hydroxylation is 1. The van der Waals surface area contributed by atoms with Gasteiger partial charge in [0.1, 0.15) is 0 Å². The van der Waals surface area contributed by atoms with Crippen LogP contribution in [0.2, 0.25) is 5.02 Å². The third-order valence-electron chi connectivity index (χ3n) is 3.71. The highest BCUT2D eigenvalue weighted by atomic mass is 35.5. The summed E-state index contributed by atoms with van der Waals surface area (Å²) in [4.78, 5) is 0. The summed E-state index contributed by atoms with van der Waals surface area (Å²) in [6.45, 7) is 2.00. The van der Waals surface area contributed by atoms with E-state index in [1.54, 1.807) is 0 Å². The molecule has 0 radical (unpaired) electrons. The highest BCUT2D eigenvalue weighted by Gasteiger charge is 2.14. The molecule has 0 saturated carbocycles. The quantitative estimate of drug-likeness (QED) is 0.804. The summed E-state index contributed by atoms with van der Waals surface area (Å²) in [5.74, 6) is 0. The van der Waals surface area contributed by atoms with E-state index in [4.69, 9.17) is 16.3 Å². The van der Waals surface area contributed by atoms with Gasteiger partial charge in [-0.15, -0.1) is 0 Å². The molecule has 1 unspecified atom stereocenters. The Morgan fingerprint density at radius 3 is 3.11 bits per heavy atom. The van der Waals surface area contributed by atoms with Crippen LogP contribution in [0.25, 0.3) is 10.9 Å². The van der Waals surface area contributed by atoms with Crippen molar-refractivity contribution >= 4 is 22.5 Å². The predicted octanol–water partition coefficient (Wildman–Crippen LogP) is 4.25. The maximum atomic E-state index is 6.17. The highest BCUT2D eigenvalue weighted by Crippen LogP contribution is 2.25. The van der Waals surface area contributed by atoms with E-state index in [2.05, 4.69) is 22.9 Å². The van der Waals surface area contributed by atoms with Gasteiger partial charge in [0.25, 0.3) is 0 Å². The maximum Gasteiger partial charge on any atom is 0.0576 e. The maximum absolute atomic E-state index is 6.17. The lowest BCUT2D eigenvalue weighted by molar-refractivity contribution is 0.101. The molecule has 1 saturated heterocycles. The monoisotopic (exact) mass is 263 g/mol. The summed E-state index contributed by atoms with van der Waals surface area (Å²) in [6, 6.07) is 8.19. The molecule has 2 aromatic rings. The molecular weight excluding hydrogens is 246 g/mol. The van der Waals surface area contributed by atoms with Crippen LogP contribution in [-0.2, 0) is 11.3 Å². The zero-order valence-electron chi connectivity index (χ0n) is 10.4. The van der Waals surface area contributed by atoms with Gasteiger partial charge in [-0.3, -0.25) is 0 Å². The fraction of sp³-hybridized carbons (Fsp3) is 0.467.